The Morgan fingerprint density at radius 3 is 2.55 bits per heavy atom. The van der Waals surface area contributed by atoms with Gasteiger partial charge in [-0.2, -0.15) is 0 Å². The third-order valence-corrected chi connectivity index (χ3v) is 3.90. The molecule has 0 atom stereocenters. The molecule has 0 aliphatic rings. The molecule has 2 aromatic rings. The van der Waals surface area contributed by atoms with Gasteiger partial charge in [-0.1, -0.05) is 24.3 Å². The molecule has 4 heteroatoms. The minimum Gasteiger partial charge on any atom is -0.490 e. The number of esters is 1. The van der Waals surface area contributed by atoms with Gasteiger partial charge in [0.1, 0.15) is 19.0 Å². The summed E-state index contributed by atoms with van der Waals surface area (Å²) < 4.78 is 11.7. The largest absolute Gasteiger partial charge is 0.490 e. The molecule has 0 saturated carbocycles. The number of halogens is 1. The quantitative estimate of drug-likeness (QED) is 0.448. The van der Waals surface area contributed by atoms with Crippen molar-refractivity contribution in [2.24, 2.45) is 0 Å². The monoisotopic (exact) mass is 382 g/mol. The maximum absolute atomic E-state index is 11.8. The molecule has 3 nitrogen and oxygen atoms in total. The van der Waals surface area contributed by atoms with Gasteiger partial charge in [0, 0.05) is 3.57 Å². The lowest BCUT2D eigenvalue weighted by molar-refractivity contribution is 0.0450. The molecule has 0 spiro atoms. The second-order valence-corrected chi connectivity index (χ2v) is 5.42. The van der Waals surface area contributed by atoms with Crippen LogP contribution in [0.2, 0.25) is 0 Å². The summed E-state index contributed by atoms with van der Waals surface area (Å²) in [5.74, 6) is 0.452. The summed E-state index contributed by atoms with van der Waals surface area (Å²) in [6, 6.07) is 15.0. The van der Waals surface area contributed by atoms with Crippen LogP contribution in [0, 0.1) is 10.5 Å². The van der Waals surface area contributed by atoms with Crippen LogP contribution in [0.5, 0.6) is 5.75 Å². The number of hydrogen-bond acceptors (Lipinski definition) is 3. The second-order valence-electron chi connectivity index (χ2n) is 4.26. The maximum Gasteiger partial charge on any atom is 0.338 e. The number of hydrogen-bond donors (Lipinski definition) is 0. The third kappa shape index (κ3) is 4.23. The van der Waals surface area contributed by atoms with Crippen LogP contribution in [-0.2, 0) is 4.74 Å². The van der Waals surface area contributed by atoms with Gasteiger partial charge >= 0.3 is 5.97 Å². The number of benzene rings is 2. The van der Waals surface area contributed by atoms with E-state index in [0.29, 0.717) is 12.2 Å². The van der Waals surface area contributed by atoms with Crippen molar-refractivity contribution in [2.45, 2.75) is 6.92 Å². The summed E-state index contributed by atoms with van der Waals surface area (Å²) in [5.41, 5.74) is 1.72. The third-order valence-electron chi connectivity index (χ3n) is 2.74. The van der Waals surface area contributed by atoms with E-state index in [1.807, 2.05) is 49.4 Å². The summed E-state index contributed by atoms with van der Waals surface area (Å²) in [4.78, 5) is 11.8. The molecule has 0 aromatic heterocycles. The fourth-order valence-electron chi connectivity index (χ4n) is 1.61. The Bertz CT molecular complexity index is 582. The molecule has 0 fully saturated rings. The van der Waals surface area contributed by atoms with Crippen LogP contribution in [0.1, 0.15) is 15.9 Å². The van der Waals surface area contributed by atoms with Gasteiger partial charge in [0.05, 0.1) is 5.56 Å². The van der Waals surface area contributed by atoms with Crippen molar-refractivity contribution >= 4 is 28.6 Å². The van der Waals surface area contributed by atoms with Crippen molar-refractivity contribution in [2.75, 3.05) is 13.2 Å². The van der Waals surface area contributed by atoms with E-state index < -0.39 is 0 Å². The van der Waals surface area contributed by atoms with Crippen LogP contribution < -0.4 is 4.74 Å². The van der Waals surface area contributed by atoms with E-state index in [9.17, 15) is 4.79 Å². The number of carbonyl (C=O) groups is 1. The number of rotatable bonds is 5. The highest BCUT2D eigenvalue weighted by molar-refractivity contribution is 14.1. The van der Waals surface area contributed by atoms with E-state index >= 15 is 0 Å². The van der Waals surface area contributed by atoms with E-state index in [-0.39, 0.29) is 12.6 Å². The molecule has 0 aliphatic heterocycles. The molecule has 104 valence electrons. The minimum absolute atomic E-state index is 0.234. The predicted octanol–water partition coefficient (Wildman–Crippen LogP) is 3.84. The van der Waals surface area contributed by atoms with Gasteiger partial charge in [-0.05, 0) is 59.3 Å². The summed E-state index contributed by atoms with van der Waals surface area (Å²) >= 11 is 2.20. The van der Waals surface area contributed by atoms with E-state index in [1.54, 1.807) is 6.07 Å². The van der Waals surface area contributed by atoms with Gasteiger partial charge in [0.15, 0.2) is 0 Å². The zero-order valence-corrected chi connectivity index (χ0v) is 13.3. The van der Waals surface area contributed by atoms with E-state index in [4.69, 9.17) is 9.47 Å². The highest BCUT2D eigenvalue weighted by Crippen LogP contribution is 2.14. The normalized spacial score (nSPS) is 10.1. The van der Waals surface area contributed by atoms with Crippen molar-refractivity contribution < 1.29 is 14.3 Å². The lowest BCUT2D eigenvalue weighted by Gasteiger charge is -2.08. The SMILES string of the molecule is Cc1ccc(C(=O)OCCOc2ccccc2)cc1I. The predicted molar refractivity (Wildman–Crippen MR) is 86.1 cm³/mol. The molecule has 0 saturated heterocycles. The summed E-state index contributed by atoms with van der Waals surface area (Å²) in [7, 11) is 0. The zero-order valence-electron chi connectivity index (χ0n) is 11.1. The molecule has 0 radical (unpaired) electrons. The first kappa shape index (κ1) is 14.8. The highest BCUT2D eigenvalue weighted by Gasteiger charge is 2.08. The average molecular weight is 382 g/mol. The van der Waals surface area contributed by atoms with Crippen LogP contribution in [0.25, 0.3) is 0 Å². The van der Waals surface area contributed by atoms with Crippen LogP contribution in [-0.4, -0.2) is 19.2 Å². The maximum atomic E-state index is 11.8. The van der Waals surface area contributed by atoms with E-state index in [2.05, 4.69) is 22.6 Å². The molecule has 2 aromatic carbocycles. The molecule has 2 rings (SSSR count). The van der Waals surface area contributed by atoms with Crippen LogP contribution in [0.15, 0.2) is 48.5 Å². The Kier molecular flexibility index (Phi) is 5.40. The highest BCUT2D eigenvalue weighted by atomic mass is 127. The van der Waals surface area contributed by atoms with Crippen molar-refractivity contribution in [1.82, 2.24) is 0 Å². The number of carbonyl (C=O) groups excluding carboxylic acids is 1. The van der Waals surface area contributed by atoms with Gasteiger partial charge in [0.25, 0.3) is 0 Å². The Hall–Kier alpha value is -1.56. The van der Waals surface area contributed by atoms with Crippen LogP contribution >= 0.6 is 22.6 Å². The average Bonchev–Trinajstić information content (AvgIpc) is 2.47. The molecular formula is C16H15IO3. The summed E-state index contributed by atoms with van der Waals surface area (Å²) in [5, 5.41) is 0. The van der Waals surface area contributed by atoms with Crippen molar-refractivity contribution in [3.8, 4) is 5.75 Å². The lowest BCUT2D eigenvalue weighted by atomic mass is 10.1. The van der Waals surface area contributed by atoms with Crippen molar-refractivity contribution in [3.63, 3.8) is 0 Å². The van der Waals surface area contributed by atoms with E-state index in [0.717, 1.165) is 14.9 Å². The molecule has 0 N–H and O–H groups in total. The minimum atomic E-state index is -0.320. The lowest BCUT2D eigenvalue weighted by Crippen LogP contribution is -2.12. The smallest absolute Gasteiger partial charge is 0.338 e. The molecule has 20 heavy (non-hydrogen) atoms. The van der Waals surface area contributed by atoms with Gasteiger partial charge in [-0.3, -0.25) is 0 Å². The second kappa shape index (κ2) is 7.28. The Morgan fingerprint density at radius 2 is 1.85 bits per heavy atom. The Balaban J connectivity index is 1.79. The number of aryl methyl sites for hydroxylation is 1. The molecule has 0 heterocycles. The topological polar surface area (TPSA) is 35.5 Å². The fourth-order valence-corrected chi connectivity index (χ4v) is 2.13. The fraction of sp³-hybridized carbons (Fsp3) is 0.188. The summed E-state index contributed by atoms with van der Waals surface area (Å²) in [6.07, 6.45) is 0. The number of para-hydroxylation sites is 1. The van der Waals surface area contributed by atoms with Gasteiger partial charge in [-0.25, -0.2) is 4.79 Å². The Labute approximate surface area is 132 Å². The van der Waals surface area contributed by atoms with Gasteiger partial charge < -0.3 is 9.47 Å². The van der Waals surface area contributed by atoms with Crippen molar-refractivity contribution in [1.29, 1.82) is 0 Å². The summed E-state index contributed by atoms with van der Waals surface area (Å²) in [6.45, 7) is 2.58. The first-order valence-electron chi connectivity index (χ1n) is 6.28. The molecule has 0 unspecified atom stereocenters. The Morgan fingerprint density at radius 1 is 1.10 bits per heavy atom. The first-order valence-corrected chi connectivity index (χ1v) is 7.36. The van der Waals surface area contributed by atoms with Crippen LogP contribution in [0.4, 0.5) is 0 Å². The van der Waals surface area contributed by atoms with Crippen molar-refractivity contribution in [3.05, 3.63) is 63.2 Å². The standard InChI is InChI=1S/C16H15IO3/c1-12-7-8-13(11-15(12)17)16(18)20-10-9-19-14-5-3-2-4-6-14/h2-8,11H,9-10H2,1H3. The van der Waals surface area contributed by atoms with Gasteiger partial charge in [0.2, 0.25) is 0 Å². The number of ether oxygens (including phenoxy) is 2. The molecule has 0 aliphatic carbocycles. The first-order chi connectivity index (χ1) is 9.66. The van der Waals surface area contributed by atoms with E-state index in [1.165, 1.54) is 0 Å². The molecule has 0 bridgehead atoms. The molecule has 0 amide bonds. The van der Waals surface area contributed by atoms with Crippen LogP contribution in [0.3, 0.4) is 0 Å². The van der Waals surface area contributed by atoms with Gasteiger partial charge in [-0.15, -0.1) is 0 Å². The zero-order chi connectivity index (χ0) is 14.4. The molecular weight excluding hydrogens is 367 g/mol.